The molecule has 1 saturated heterocycles. The molecular formula is C10H19NO2. The first kappa shape index (κ1) is 10.5. The van der Waals surface area contributed by atoms with Crippen LogP contribution >= 0.6 is 0 Å². The van der Waals surface area contributed by atoms with E-state index in [9.17, 15) is 4.79 Å². The zero-order chi connectivity index (χ0) is 10.0. The second-order valence-electron chi connectivity index (χ2n) is 4.20. The highest BCUT2D eigenvalue weighted by Crippen LogP contribution is 2.16. The molecule has 0 aromatic rings. The molecule has 1 amide bonds. The summed E-state index contributed by atoms with van der Waals surface area (Å²) < 4.78 is 5.55. The summed E-state index contributed by atoms with van der Waals surface area (Å²) in [6, 6.07) is 0. The van der Waals surface area contributed by atoms with Gasteiger partial charge in [-0.2, -0.15) is 0 Å². The molecule has 0 aromatic heterocycles. The number of nitrogens with zero attached hydrogens (tertiary/aromatic N) is 1. The third-order valence-electron chi connectivity index (χ3n) is 2.12. The lowest BCUT2D eigenvalue weighted by atomic mass is 10.1. The smallest absolute Gasteiger partial charge is 0.225 e. The van der Waals surface area contributed by atoms with Crippen LogP contribution in [0.15, 0.2) is 0 Å². The second-order valence-corrected chi connectivity index (χ2v) is 4.20. The molecule has 3 heteroatoms. The summed E-state index contributed by atoms with van der Waals surface area (Å²) in [6.07, 6.45) is 0.531. The number of rotatable bonds is 3. The van der Waals surface area contributed by atoms with Gasteiger partial charge in [0.05, 0.1) is 12.2 Å². The summed E-state index contributed by atoms with van der Waals surface area (Å²) in [5, 5.41) is 0. The predicted octanol–water partition coefficient (Wildman–Crippen LogP) is 1.28. The number of hydrogen-bond acceptors (Lipinski definition) is 2. The monoisotopic (exact) mass is 185 g/mol. The van der Waals surface area contributed by atoms with Crippen LogP contribution in [0.2, 0.25) is 0 Å². The fraction of sp³-hybridized carbons (Fsp3) is 0.900. The zero-order valence-electron chi connectivity index (χ0n) is 8.91. The fourth-order valence-electron chi connectivity index (χ4n) is 1.45. The molecule has 1 heterocycles. The van der Waals surface area contributed by atoms with E-state index in [-0.39, 0.29) is 24.0 Å². The van der Waals surface area contributed by atoms with E-state index in [0.29, 0.717) is 0 Å². The highest BCUT2D eigenvalue weighted by atomic mass is 16.5. The highest BCUT2D eigenvalue weighted by molar-refractivity contribution is 5.78. The Kier molecular flexibility index (Phi) is 3.31. The van der Waals surface area contributed by atoms with Gasteiger partial charge in [0.2, 0.25) is 5.91 Å². The number of ether oxygens (including phenoxy) is 1. The van der Waals surface area contributed by atoms with Crippen LogP contribution < -0.4 is 0 Å². The van der Waals surface area contributed by atoms with Crippen molar-refractivity contribution >= 4 is 5.91 Å². The maximum Gasteiger partial charge on any atom is 0.225 e. The van der Waals surface area contributed by atoms with Gasteiger partial charge in [-0.3, -0.25) is 4.79 Å². The van der Waals surface area contributed by atoms with E-state index in [1.807, 2.05) is 32.6 Å². The molecular weight excluding hydrogens is 166 g/mol. The third-order valence-corrected chi connectivity index (χ3v) is 2.12. The minimum atomic E-state index is 0.111. The molecule has 13 heavy (non-hydrogen) atoms. The van der Waals surface area contributed by atoms with Crippen molar-refractivity contribution in [2.24, 2.45) is 5.92 Å². The molecule has 0 atom stereocenters. The summed E-state index contributed by atoms with van der Waals surface area (Å²) in [5.41, 5.74) is 0. The van der Waals surface area contributed by atoms with Gasteiger partial charge >= 0.3 is 0 Å². The van der Waals surface area contributed by atoms with Crippen LogP contribution in [0.5, 0.6) is 0 Å². The molecule has 0 aliphatic carbocycles. The van der Waals surface area contributed by atoms with Gasteiger partial charge in [0.25, 0.3) is 0 Å². The molecule has 76 valence electrons. The molecule has 1 fully saturated rings. The van der Waals surface area contributed by atoms with Crippen LogP contribution in [0.1, 0.15) is 27.7 Å². The minimum absolute atomic E-state index is 0.111. The van der Waals surface area contributed by atoms with Gasteiger partial charge in [0, 0.05) is 19.0 Å². The average molecular weight is 185 g/mol. The maximum absolute atomic E-state index is 11.4. The van der Waals surface area contributed by atoms with Crippen molar-refractivity contribution in [1.29, 1.82) is 0 Å². The van der Waals surface area contributed by atoms with Crippen LogP contribution in [-0.2, 0) is 9.53 Å². The Morgan fingerprint density at radius 1 is 1.31 bits per heavy atom. The molecule has 1 aliphatic heterocycles. The summed E-state index contributed by atoms with van der Waals surface area (Å²) in [6.45, 7) is 9.45. The quantitative estimate of drug-likeness (QED) is 0.663. The number of carbonyl (C=O) groups is 1. The van der Waals surface area contributed by atoms with Gasteiger partial charge in [0.1, 0.15) is 0 Å². The van der Waals surface area contributed by atoms with E-state index < -0.39 is 0 Å². The topological polar surface area (TPSA) is 29.5 Å². The van der Waals surface area contributed by atoms with Crippen LogP contribution in [0.4, 0.5) is 0 Å². The molecule has 3 nitrogen and oxygen atoms in total. The lowest BCUT2D eigenvalue weighted by molar-refractivity contribution is -0.151. The van der Waals surface area contributed by atoms with Crippen LogP contribution in [0, 0.1) is 5.92 Å². The van der Waals surface area contributed by atoms with Crippen molar-refractivity contribution in [2.75, 3.05) is 13.1 Å². The van der Waals surface area contributed by atoms with Gasteiger partial charge in [-0.15, -0.1) is 0 Å². The predicted molar refractivity (Wildman–Crippen MR) is 51.4 cm³/mol. The lowest BCUT2D eigenvalue weighted by Gasteiger charge is -2.40. The van der Waals surface area contributed by atoms with Crippen molar-refractivity contribution in [3.63, 3.8) is 0 Å². The number of hydrogen-bond donors (Lipinski definition) is 0. The van der Waals surface area contributed by atoms with E-state index in [4.69, 9.17) is 4.74 Å². The van der Waals surface area contributed by atoms with Gasteiger partial charge in [-0.25, -0.2) is 0 Å². The largest absolute Gasteiger partial charge is 0.372 e. The first-order valence-electron chi connectivity index (χ1n) is 4.95. The Balaban J connectivity index is 2.22. The Morgan fingerprint density at radius 3 is 2.23 bits per heavy atom. The summed E-state index contributed by atoms with van der Waals surface area (Å²) in [5.74, 6) is 0.351. The van der Waals surface area contributed by atoms with Crippen molar-refractivity contribution in [1.82, 2.24) is 4.90 Å². The fourth-order valence-corrected chi connectivity index (χ4v) is 1.45. The molecule has 0 saturated carbocycles. The maximum atomic E-state index is 11.4. The van der Waals surface area contributed by atoms with Crippen molar-refractivity contribution in [3.8, 4) is 0 Å². The molecule has 0 radical (unpaired) electrons. The summed E-state index contributed by atoms with van der Waals surface area (Å²) in [7, 11) is 0. The molecule has 0 bridgehead atoms. The summed E-state index contributed by atoms with van der Waals surface area (Å²) in [4.78, 5) is 13.3. The van der Waals surface area contributed by atoms with E-state index in [0.717, 1.165) is 13.1 Å². The Bertz CT molecular complexity index is 183. The summed E-state index contributed by atoms with van der Waals surface area (Å²) >= 11 is 0. The molecule has 0 N–H and O–H groups in total. The molecule has 0 aromatic carbocycles. The first-order valence-corrected chi connectivity index (χ1v) is 4.95. The van der Waals surface area contributed by atoms with E-state index in [1.54, 1.807) is 0 Å². The Morgan fingerprint density at radius 2 is 1.85 bits per heavy atom. The average Bonchev–Trinajstić information content (AvgIpc) is 1.94. The molecule has 1 rings (SSSR count). The van der Waals surface area contributed by atoms with Gasteiger partial charge in [-0.1, -0.05) is 13.8 Å². The van der Waals surface area contributed by atoms with Crippen LogP contribution in [0.25, 0.3) is 0 Å². The number of likely N-dealkylation sites (tertiary alicyclic amines) is 1. The van der Waals surface area contributed by atoms with Gasteiger partial charge in [0.15, 0.2) is 0 Å². The van der Waals surface area contributed by atoms with Crippen molar-refractivity contribution in [2.45, 2.75) is 39.9 Å². The highest BCUT2D eigenvalue weighted by Gasteiger charge is 2.32. The van der Waals surface area contributed by atoms with Crippen LogP contribution in [0.3, 0.4) is 0 Å². The normalized spacial score (nSPS) is 18.2. The lowest BCUT2D eigenvalue weighted by Crippen LogP contribution is -2.56. The zero-order valence-corrected chi connectivity index (χ0v) is 8.91. The first-order chi connectivity index (χ1) is 6.00. The van der Waals surface area contributed by atoms with E-state index in [2.05, 4.69) is 0 Å². The number of amides is 1. The van der Waals surface area contributed by atoms with Gasteiger partial charge < -0.3 is 9.64 Å². The van der Waals surface area contributed by atoms with Crippen LogP contribution in [-0.4, -0.2) is 36.1 Å². The van der Waals surface area contributed by atoms with Gasteiger partial charge in [-0.05, 0) is 13.8 Å². The molecule has 1 aliphatic rings. The minimum Gasteiger partial charge on any atom is -0.372 e. The second kappa shape index (κ2) is 4.09. The Labute approximate surface area is 80.1 Å². The molecule has 0 spiro atoms. The molecule has 0 unspecified atom stereocenters. The SMILES string of the molecule is CC(C)OC1CN(C(=O)C(C)C)C1. The van der Waals surface area contributed by atoms with Crippen molar-refractivity contribution in [3.05, 3.63) is 0 Å². The Hall–Kier alpha value is -0.570. The standard InChI is InChI=1S/C10H19NO2/c1-7(2)10(12)11-5-9(6-11)13-8(3)4/h7-9H,5-6H2,1-4H3. The van der Waals surface area contributed by atoms with E-state index in [1.165, 1.54) is 0 Å². The third kappa shape index (κ3) is 2.69. The van der Waals surface area contributed by atoms with Crippen molar-refractivity contribution < 1.29 is 9.53 Å². The van der Waals surface area contributed by atoms with E-state index >= 15 is 0 Å². The number of carbonyl (C=O) groups excluding carboxylic acids is 1.